The van der Waals surface area contributed by atoms with E-state index in [1.54, 1.807) is 0 Å². The molecule has 0 bridgehead atoms. The van der Waals surface area contributed by atoms with Crippen LogP contribution in [-0.2, 0) is 24.3 Å². The highest BCUT2D eigenvalue weighted by atomic mass is 32.2. The summed E-state index contributed by atoms with van der Waals surface area (Å²) in [6.07, 6.45) is 4.53. The molecule has 2 aliphatic rings. The number of urea groups is 1. The number of ether oxygens (including phenoxy) is 1. The molecule has 0 spiro atoms. The summed E-state index contributed by atoms with van der Waals surface area (Å²) in [5.74, 6) is -1.74. The Labute approximate surface area is 201 Å². The van der Waals surface area contributed by atoms with Crippen molar-refractivity contribution in [2.45, 2.75) is 77.2 Å². The lowest BCUT2D eigenvalue weighted by Crippen LogP contribution is -2.45. The summed E-state index contributed by atoms with van der Waals surface area (Å²) in [4.78, 5) is 36.5. The fourth-order valence-electron chi connectivity index (χ4n) is 4.74. The molecule has 1 saturated carbocycles. The number of hydrogen-bond donors (Lipinski definition) is 2. The van der Waals surface area contributed by atoms with E-state index in [0.717, 1.165) is 47.9 Å². The number of benzene rings is 1. The van der Waals surface area contributed by atoms with Crippen LogP contribution in [0.2, 0.25) is 0 Å². The average Bonchev–Trinajstić information content (AvgIpc) is 3.29. The molecule has 0 unspecified atom stereocenters. The Bertz CT molecular complexity index is 1030. The minimum absolute atomic E-state index is 0.0769. The molecule has 2 fully saturated rings. The van der Waals surface area contributed by atoms with Gasteiger partial charge in [-0.2, -0.15) is 4.31 Å². The van der Waals surface area contributed by atoms with Gasteiger partial charge in [0, 0.05) is 19.1 Å². The first-order valence-corrected chi connectivity index (χ1v) is 13.3. The van der Waals surface area contributed by atoms with Crippen LogP contribution in [0.1, 0.15) is 60.8 Å². The monoisotopic (exact) mass is 493 g/mol. The van der Waals surface area contributed by atoms with Gasteiger partial charge < -0.3 is 10.1 Å². The van der Waals surface area contributed by atoms with Crippen LogP contribution in [0.25, 0.3) is 0 Å². The van der Waals surface area contributed by atoms with Crippen molar-refractivity contribution >= 4 is 27.9 Å². The second-order valence-electron chi connectivity index (χ2n) is 9.38. The van der Waals surface area contributed by atoms with Gasteiger partial charge in [-0.25, -0.2) is 13.2 Å². The van der Waals surface area contributed by atoms with Gasteiger partial charge in [0.1, 0.15) is 0 Å². The van der Waals surface area contributed by atoms with Gasteiger partial charge in [0.2, 0.25) is 10.0 Å². The molecule has 3 rings (SSSR count). The molecule has 188 valence electrons. The molecule has 1 aromatic rings. The summed E-state index contributed by atoms with van der Waals surface area (Å²) in [6.45, 7) is 7.29. The van der Waals surface area contributed by atoms with Gasteiger partial charge in [-0.05, 0) is 75.6 Å². The molecule has 34 heavy (non-hydrogen) atoms. The lowest BCUT2D eigenvalue weighted by Gasteiger charge is -2.31. The third-order valence-electron chi connectivity index (χ3n) is 6.97. The zero-order valence-electron chi connectivity index (χ0n) is 20.4. The number of amides is 3. The van der Waals surface area contributed by atoms with Crippen LogP contribution >= 0.6 is 0 Å². The number of carbonyl (C=O) groups excluding carboxylic acids is 3. The first kappa shape index (κ1) is 26.2. The van der Waals surface area contributed by atoms with Gasteiger partial charge in [0.15, 0.2) is 6.61 Å². The normalized spacial score (nSPS) is 18.0. The molecule has 1 aromatic carbocycles. The zero-order chi connectivity index (χ0) is 25.0. The highest BCUT2D eigenvalue weighted by Crippen LogP contribution is 2.31. The van der Waals surface area contributed by atoms with Gasteiger partial charge in [-0.3, -0.25) is 14.9 Å². The number of imide groups is 1. The van der Waals surface area contributed by atoms with Crippen molar-refractivity contribution in [1.82, 2.24) is 14.9 Å². The molecule has 2 N–H and O–H groups in total. The second kappa shape index (κ2) is 10.9. The van der Waals surface area contributed by atoms with Crippen molar-refractivity contribution in [3.05, 3.63) is 28.3 Å². The van der Waals surface area contributed by atoms with Gasteiger partial charge >= 0.3 is 12.0 Å². The first-order chi connectivity index (χ1) is 16.0. The summed E-state index contributed by atoms with van der Waals surface area (Å²) >= 11 is 0. The Morgan fingerprint density at radius 1 is 0.971 bits per heavy atom. The fourth-order valence-corrected chi connectivity index (χ4v) is 6.78. The van der Waals surface area contributed by atoms with Crippen molar-refractivity contribution in [2.24, 2.45) is 5.92 Å². The van der Waals surface area contributed by atoms with E-state index in [4.69, 9.17) is 4.74 Å². The Hall–Kier alpha value is -2.46. The van der Waals surface area contributed by atoms with Crippen molar-refractivity contribution in [2.75, 3.05) is 19.7 Å². The number of hydrogen-bond acceptors (Lipinski definition) is 6. The predicted molar refractivity (Wildman–Crippen MR) is 127 cm³/mol. The molecule has 10 heteroatoms. The number of sulfonamides is 1. The Balaban J connectivity index is 1.50. The summed E-state index contributed by atoms with van der Waals surface area (Å²) in [5.41, 5.74) is 3.34. The van der Waals surface area contributed by atoms with E-state index in [-0.39, 0.29) is 19.1 Å². The Morgan fingerprint density at radius 2 is 1.53 bits per heavy atom. The summed E-state index contributed by atoms with van der Waals surface area (Å²) in [7, 11) is -3.69. The number of carbonyl (C=O) groups is 3. The van der Waals surface area contributed by atoms with E-state index in [1.807, 2.05) is 33.8 Å². The predicted octanol–water partition coefficient (Wildman–Crippen LogP) is 2.63. The summed E-state index contributed by atoms with van der Waals surface area (Å²) in [5, 5.41) is 4.91. The number of nitrogens with one attached hydrogen (secondary N) is 2. The topological polar surface area (TPSA) is 122 Å². The van der Waals surface area contributed by atoms with E-state index in [9.17, 15) is 22.8 Å². The smallest absolute Gasteiger partial charge is 0.321 e. The van der Waals surface area contributed by atoms with Crippen LogP contribution in [0.3, 0.4) is 0 Å². The summed E-state index contributed by atoms with van der Waals surface area (Å²) in [6, 6.07) is 1.48. The van der Waals surface area contributed by atoms with Crippen LogP contribution in [0, 0.1) is 33.6 Å². The number of esters is 1. The first-order valence-electron chi connectivity index (χ1n) is 11.8. The molecule has 0 atom stereocenters. The van der Waals surface area contributed by atoms with Crippen LogP contribution < -0.4 is 10.6 Å². The van der Waals surface area contributed by atoms with E-state index in [0.29, 0.717) is 17.7 Å². The van der Waals surface area contributed by atoms with Gasteiger partial charge in [0.25, 0.3) is 5.91 Å². The molecule has 3 amide bonds. The molecule has 0 radical (unpaired) electrons. The third kappa shape index (κ3) is 5.96. The lowest BCUT2D eigenvalue weighted by atomic mass is 9.98. The van der Waals surface area contributed by atoms with Crippen molar-refractivity contribution in [3.63, 3.8) is 0 Å². The van der Waals surface area contributed by atoms with E-state index in [2.05, 4.69) is 10.6 Å². The van der Waals surface area contributed by atoms with Crippen molar-refractivity contribution < 1.29 is 27.5 Å². The quantitative estimate of drug-likeness (QED) is 0.588. The number of rotatable bonds is 6. The Morgan fingerprint density at radius 3 is 2.09 bits per heavy atom. The molecule has 1 heterocycles. The second-order valence-corrected chi connectivity index (χ2v) is 11.3. The van der Waals surface area contributed by atoms with Gasteiger partial charge in [-0.1, -0.05) is 18.9 Å². The molecule has 1 aliphatic carbocycles. The maximum Gasteiger partial charge on any atom is 0.321 e. The summed E-state index contributed by atoms with van der Waals surface area (Å²) < 4.78 is 33.3. The molecule has 0 aromatic heterocycles. The number of aryl methyl sites for hydroxylation is 2. The molecular weight excluding hydrogens is 458 g/mol. The highest BCUT2D eigenvalue weighted by Gasteiger charge is 2.35. The van der Waals surface area contributed by atoms with E-state index < -0.39 is 40.5 Å². The lowest BCUT2D eigenvalue weighted by molar-refractivity contribution is -0.153. The van der Waals surface area contributed by atoms with Crippen LogP contribution in [0.5, 0.6) is 0 Å². The van der Waals surface area contributed by atoms with Crippen molar-refractivity contribution in [3.8, 4) is 0 Å². The van der Waals surface area contributed by atoms with Crippen LogP contribution in [0.4, 0.5) is 4.79 Å². The molecule has 1 aliphatic heterocycles. The minimum atomic E-state index is -3.69. The highest BCUT2D eigenvalue weighted by molar-refractivity contribution is 7.89. The van der Waals surface area contributed by atoms with Crippen molar-refractivity contribution in [1.29, 1.82) is 0 Å². The third-order valence-corrected chi connectivity index (χ3v) is 9.14. The maximum absolute atomic E-state index is 13.4. The largest absolute Gasteiger partial charge is 0.455 e. The molecule has 1 saturated heterocycles. The molecular formula is C24H35N3O6S. The van der Waals surface area contributed by atoms with Crippen LogP contribution in [-0.4, -0.2) is 56.4 Å². The van der Waals surface area contributed by atoms with E-state index >= 15 is 0 Å². The van der Waals surface area contributed by atoms with E-state index in [1.165, 1.54) is 4.31 Å². The van der Waals surface area contributed by atoms with Gasteiger partial charge in [-0.15, -0.1) is 0 Å². The minimum Gasteiger partial charge on any atom is -0.455 e. The number of piperidine rings is 1. The SMILES string of the molecule is Cc1cc(C)c(C)c(S(=O)(=O)N2CCC(C(=O)OCC(=O)NC(=O)NC3CCCC3)CC2)c1C. The fraction of sp³-hybridized carbons (Fsp3) is 0.625. The molecule has 9 nitrogen and oxygen atoms in total. The van der Waals surface area contributed by atoms with Crippen LogP contribution in [0.15, 0.2) is 11.0 Å². The maximum atomic E-state index is 13.4. The zero-order valence-corrected chi connectivity index (χ0v) is 21.2. The number of nitrogens with zero attached hydrogens (tertiary/aromatic N) is 1. The Kier molecular flexibility index (Phi) is 8.35. The standard InChI is InChI=1S/C24H35N3O6S/c1-15-13-16(2)18(4)22(17(15)3)34(31,32)27-11-9-19(10-12-27)23(29)33-14-21(28)26-24(30)25-20-7-5-6-8-20/h13,19-20H,5-12,14H2,1-4H3,(H2,25,26,28,30). The van der Waals surface area contributed by atoms with Gasteiger partial charge in [0.05, 0.1) is 10.8 Å². The average molecular weight is 494 g/mol.